The van der Waals surface area contributed by atoms with Crippen LogP contribution in [0.4, 0.5) is 0 Å². The molecular formula is C61H94Cs2O17. The van der Waals surface area contributed by atoms with Crippen LogP contribution in [0, 0.1) is 41.5 Å². The van der Waals surface area contributed by atoms with Crippen molar-refractivity contribution in [1.29, 1.82) is 0 Å². The monoisotopic (exact) mass is 1360 g/mol. The van der Waals surface area contributed by atoms with Crippen molar-refractivity contribution in [3.63, 3.8) is 0 Å². The number of cyclic esters (lactones) is 2. The number of unbranched alkanes of at least 4 members (excludes halogenated alkanes) is 12. The van der Waals surface area contributed by atoms with Crippen LogP contribution < -0.4 is 157 Å². The number of Topliss-reactive ketones (excluding diaryl/α,β-unsaturated/α-hetero) is 2. The summed E-state index contributed by atoms with van der Waals surface area (Å²) in [5.74, 6) is 0.265. The van der Waals surface area contributed by atoms with Crippen LogP contribution in [0.5, 0.6) is 23.0 Å². The molecule has 0 bridgehead atoms. The second-order valence-electron chi connectivity index (χ2n) is 21.1. The zero-order chi connectivity index (χ0) is 58.3. The number of ketones is 2. The van der Waals surface area contributed by atoms with Crippen LogP contribution >= 0.6 is 0 Å². The Morgan fingerprint density at radius 3 is 1.32 bits per heavy atom. The minimum atomic E-state index is -1.04. The van der Waals surface area contributed by atoms with Gasteiger partial charge in [0.1, 0.15) is 23.0 Å². The van der Waals surface area contributed by atoms with Gasteiger partial charge in [-0.1, -0.05) is 78.1 Å². The molecule has 1 fully saturated rings. The Morgan fingerprint density at radius 2 is 0.950 bits per heavy atom. The Labute approximate surface area is 596 Å². The maximum Gasteiger partial charge on any atom is 1.00 e. The van der Waals surface area contributed by atoms with E-state index in [1.54, 1.807) is 0 Å². The summed E-state index contributed by atoms with van der Waals surface area (Å²) in [4.78, 5) is 80.3. The van der Waals surface area contributed by atoms with Gasteiger partial charge in [-0.2, -0.15) is 0 Å². The summed E-state index contributed by atoms with van der Waals surface area (Å²) in [6.45, 7) is 22.9. The van der Waals surface area contributed by atoms with E-state index >= 15 is 0 Å². The van der Waals surface area contributed by atoms with E-state index in [-0.39, 0.29) is 183 Å². The number of phenols is 1. The Balaban J connectivity index is 0. The molecule has 17 nitrogen and oxygen atoms in total. The van der Waals surface area contributed by atoms with Crippen molar-refractivity contribution in [3.05, 3.63) is 44.5 Å². The van der Waals surface area contributed by atoms with E-state index in [1.165, 1.54) is 44.9 Å². The SMILES string of the molecule is CCCCCCOCCCCCCC(=O)[C@]1(C)CCc2c(C)c(O)c(C)c(C)c2O1.CCCCCCOCCCCCCC(=O)[C@]1(C)CCc2c(C)c(OC(=O)CCC(=O)O)c(C)c(C)c2O1.O=C1CCC(=O)O1.O=CO[O-].[Cs+].[Cs+].[H-]. The number of aliphatic carboxylic acids is 1. The van der Waals surface area contributed by atoms with Crippen LogP contribution in [-0.2, 0) is 65.5 Å². The van der Waals surface area contributed by atoms with Crippen molar-refractivity contribution in [2.75, 3.05) is 26.4 Å². The van der Waals surface area contributed by atoms with Gasteiger partial charge in [0.05, 0.1) is 25.7 Å². The molecule has 5 rings (SSSR count). The molecule has 0 unspecified atom stereocenters. The Hall–Kier alpha value is -1.29. The molecule has 0 aliphatic carbocycles. The summed E-state index contributed by atoms with van der Waals surface area (Å²) < 4.78 is 33.7. The Kier molecular flexibility index (Phi) is 42.7. The molecule has 2 aromatic carbocycles. The number of carbonyl (C=O) groups excluding carboxylic acids is 6. The third-order valence-electron chi connectivity index (χ3n) is 14.9. The van der Waals surface area contributed by atoms with E-state index in [2.05, 4.69) is 23.5 Å². The van der Waals surface area contributed by atoms with Crippen molar-refractivity contribution in [3.8, 4) is 23.0 Å². The van der Waals surface area contributed by atoms with Gasteiger partial charge in [0, 0.05) is 50.4 Å². The number of ether oxygens (including phenoxy) is 6. The second-order valence-corrected chi connectivity index (χ2v) is 21.1. The van der Waals surface area contributed by atoms with Crippen molar-refractivity contribution in [2.45, 2.75) is 247 Å². The van der Waals surface area contributed by atoms with Crippen LogP contribution in [0.3, 0.4) is 0 Å². The number of carboxylic acids is 1. The molecule has 3 aliphatic heterocycles. The molecule has 442 valence electrons. The maximum atomic E-state index is 13.1. The van der Waals surface area contributed by atoms with Gasteiger partial charge in [-0.25, -0.2) is 0 Å². The van der Waals surface area contributed by atoms with Gasteiger partial charge >= 0.3 is 162 Å². The van der Waals surface area contributed by atoms with Crippen molar-refractivity contribution in [2.24, 2.45) is 0 Å². The maximum absolute atomic E-state index is 13.1. The quantitative estimate of drug-likeness (QED) is 0.0180. The predicted molar refractivity (Wildman–Crippen MR) is 295 cm³/mol. The first-order valence-corrected chi connectivity index (χ1v) is 28.5. The zero-order valence-corrected chi connectivity index (χ0v) is 63.4. The fourth-order valence-electron chi connectivity index (χ4n) is 9.52. The summed E-state index contributed by atoms with van der Waals surface area (Å²) in [5.41, 5.74) is 5.47. The van der Waals surface area contributed by atoms with Crippen LogP contribution in [0.2, 0.25) is 0 Å². The smallest absolute Gasteiger partial charge is 1.00 e. The van der Waals surface area contributed by atoms with E-state index in [0.717, 1.165) is 141 Å². The van der Waals surface area contributed by atoms with Gasteiger partial charge in [-0.15, -0.1) is 0 Å². The average molecular weight is 1370 g/mol. The van der Waals surface area contributed by atoms with E-state index < -0.39 is 35.1 Å². The molecule has 0 aromatic heterocycles. The number of hydrogen-bond donors (Lipinski definition) is 2. The van der Waals surface area contributed by atoms with Gasteiger partial charge in [0.25, 0.3) is 6.47 Å². The molecule has 0 amide bonds. The number of rotatable bonds is 31. The first-order valence-electron chi connectivity index (χ1n) is 28.5. The first-order chi connectivity index (χ1) is 37.1. The second kappa shape index (κ2) is 43.3. The van der Waals surface area contributed by atoms with Gasteiger partial charge in [-0.3, -0.25) is 33.6 Å². The molecule has 19 heteroatoms. The van der Waals surface area contributed by atoms with Gasteiger partial charge in [0.15, 0.2) is 22.8 Å². The number of hydrogen-bond acceptors (Lipinski definition) is 16. The van der Waals surface area contributed by atoms with Crippen LogP contribution in [0.15, 0.2) is 0 Å². The predicted octanol–water partition coefficient (Wildman–Crippen LogP) is 5.51. The normalized spacial score (nSPS) is 16.5. The summed E-state index contributed by atoms with van der Waals surface area (Å²) in [5, 5.41) is 27.6. The summed E-state index contributed by atoms with van der Waals surface area (Å²) in [6.07, 6.45) is 21.8. The number of carboxylic acid groups (broad SMARTS) is 1. The number of phenolic OH excluding ortho intramolecular Hbond substituents is 1. The number of carbonyl (C=O) groups is 7. The van der Waals surface area contributed by atoms with Gasteiger partial charge < -0.3 is 50.2 Å². The molecular weight excluding hydrogens is 1270 g/mol. The molecule has 1 saturated heterocycles. The number of benzene rings is 2. The zero-order valence-electron chi connectivity index (χ0n) is 51.8. The standard InChI is InChI=1S/C30H46O7.C26H42O4.C4H4O3.CH2O3.2Cs.H/c1-6-7-8-12-19-35-20-13-10-9-11-14-25(31)30(5)18-17-24-23(4)28(21(2)22(3)29(24)37-30)36-27(34)16-15-26(32)33;1-6-7-8-12-17-29-18-13-10-9-11-14-23(27)26(5)16-15-22-21(4)24(28)19(2)20(3)25(22)30-26;5-3-1-2-4(6)7-3;2-1-4-3;;;/h6-20H2,1-5H3,(H,32,33);28H,6-18H2,1-5H3;1-2H2;1,3H;;;/q;;;;2*+1;-1/p-1/t30-;26-;;;;;/m00...../s1. The van der Waals surface area contributed by atoms with Crippen LogP contribution in [0.1, 0.15) is 228 Å². The molecule has 80 heavy (non-hydrogen) atoms. The van der Waals surface area contributed by atoms with Crippen LogP contribution in [-0.4, -0.2) is 89.8 Å². The summed E-state index contributed by atoms with van der Waals surface area (Å²) in [7, 11) is 0. The van der Waals surface area contributed by atoms with Crippen molar-refractivity contribution < 1.29 is 222 Å². The molecule has 0 radical (unpaired) electrons. The first kappa shape index (κ1) is 78.7. The largest absolute Gasteiger partial charge is 1.00 e. The van der Waals surface area contributed by atoms with Crippen molar-refractivity contribution >= 4 is 41.9 Å². The van der Waals surface area contributed by atoms with Gasteiger partial charge in [-0.05, 0) is 153 Å². The van der Waals surface area contributed by atoms with Gasteiger partial charge in [0.2, 0.25) is 0 Å². The number of esters is 3. The number of aromatic hydroxyl groups is 1. The van der Waals surface area contributed by atoms with Crippen LogP contribution in [0.25, 0.3) is 0 Å². The Bertz CT molecular complexity index is 2260. The van der Waals surface area contributed by atoms with E-state index in [9.17, 15) is 33.9 Å². The topological polar surface area (TPSA) is 248 Å². The third kappa shape index (κ3) is 27.8. The minimum absolute atomic E-state index is 0. The Morgan fingerprint density at radius 1 is 0.562 bits per heavy atom. The molecule has 0 spiro atoms. The average Bonchev–Trinajstić information content (AvgIpc) is 3.81. The number of fused-ring (bicyclic) bond motifs is 2. The molecule has 3 aliphatic rings. The van der Waals surface area contributed by atoms with E-state index in [0.29, 0.717) is 49.4 Å². The molecule has 2 aromatic rings. The third-order valence-corrected chi connectivity index (χ3v) is 14.9. The minimum Gasteiger partial charge on any atom is -1.00 e. The fraction of sp³-hybridized carbons (Fsp3) is 0.689. The van der Waals surface area contributed by atoms with E-state index in [1.807, 2.05) is 55.4 Å². The molecule has 2 atom stereocenters. The molecule has 0 saturated carbocycles. The summed E-state index contributed by atoms with van der Waals surface area (Å²) in [6, 6.07) is 0. The summed E-state index contributed by atoms with van der Waals surface area (Å²) >= 11 is 0. The fourth-order valence-corrected chi connectivity index (χ4v) is 9.52. The van der Waals surface area contributed by atoms with Crippen molar-refractivity contribution in [1.82, 2.24) is 0 Å². The molecule has 3 heterocycles. The van der Waals surface area contributed by atoms with E-state index in [4.69, 9.17) is 38.8 Å². The molecule has 2 N–H and O–H groups in total.